The molecule has 4 aliphatic carbocycles. The molecule has 4 saturated carbocycles. The molecule has 16 heavy (non-hydrogen) atoms. The summed E-state index contributed by atoms with van der Waals surface area (Å²) in [6.07, 6.45) is 9.84. The summed E-state index contributed by atoms with van der Waals surface area (Å²) in [5, 5.41) is 8.97. The van der Waals surface area contributed by atoms with Gasteiger partial charge >= 0.3 is 0 Å². The zero-order valence-corrected chi connectivity index (χ0v) is 10.5. The van der Waals surface area contributed by atoms with Crippen molar-refractivity contribution in [3.63, 3.8) is 0 Å². The van der Waals surface area contributed by atoms with Crippen LogP contribution in [0.3, 0.4) is 0 Å². The Kier molecular flexibility index (Phi) is 2.75. The number of aliphatic hydroxyl groups is 1. The van der Waals surface area contributed by atoms with Gasteiger partial charge in [-0.2, -0.15) is 0 Å². The first kappa shape index (κ1) is 11.0. The van der Waals surface area contributed by atoms with Crippen molar-refractivity contribution in [1.82, 2.24) is 4.90 Å². The van der Waals surface area contributed by atoms with Crippen LogP contribution in [-0.2, 0) is 0 Å². The topological polar surface area (TPSA) is 23.5 Å². The second-order valence-corrected chi connectivity index (χ2v) is 6.64. The summed E-state index contributed by atoms with van der Waals surface area (Å²) in [5.74, 6) is 3.09. The van der Waals surface area contributed by atoms with E-state index >= 15 is 0 Å². The summed E-state index contributed by atoms with van der Waals surface area (Å²) in [4.78, 5) is 2.59. The fourth-order valence-corrected chi connectivity index (χ4v) is 5.08. The van der Waals surface area contributed by atoms with Gasteiger partial charge in [0.2, 0.25) is 0 Å². The smallest absolute Gasteiger partial charge is 0.0443 e. The minimum absolute atomic E-state index is 0.344. The Labute approximate surface area is 99.0 Å². The minimum atomic E-state index is 0.344. The van der Waals surface area contributed by atoms with Crippen LogP contribution >= 0.6 is 0 Å². The van der Waals surface area contributed by atoms with Crippen LogP contribution in [0.5, 0.6) is 0 Å². The van der Waals surface area contributed by atoms with Crippen molar-refractivity contribution < 1.29 is 5.11 Å². The summed E-state index contributed by atoms with van der Waals surface area (Å²) >= 11 is 0. The van der Waals surface area contributed by atoms with Crippen molar-refractivity contribution in [2.75, 3.05) is 20.2 Å². The molecule has 0 aromatic heterocycles. The number of hydrogen-bond donors (Lipinski definition) is 1. The highest BCUT2D eigenvalue weighted by molar-refractivity contribution is 5.06. The van der Waals surface area contributed by atoms with Crippen LogP contribution < -0.4 is 0 Å². The molecular weight excluding hydrogens is 198 g/mol. The average molecular weight is 223 g/mol. The fraction of sp³-hybridized carbons (Fsp3) is 1.00. The van der Waals surface area contributed by atoms with Gasteiger partial charge in [-0.25, -0.2) is 0 Å². The normalized spacial score (nSPS) is 45.6. The van der Waals surface area contributed by atoms with Crippen molar-refractivity contribution >= 4 is 0 Å². The molecular formula is C14H25NO. The third kappa shape index (κ3) is 1.70. The van der Waals surface area contributed by atoms with Crippen LogP contribution in [0.1, 0.15) is 44.9 Å². The number of nitrogens with zero attached hydrogens (tertiary/aromatic N) is 1. The van der Waals surface area contributed by atoms with Crippen molar-refractivity contribution in [3.8, 4) is 0 Å². The quantitative estimate of drug-likeness (QED) is 0.790. The predicted molar refractivity (Wildman–Crippen MR) is 65.2 cm³/mol. The van der Waals surface area contributed by atoms with E-state index in [1.165, 1.54) is 38.5 Å². The summed E-state index contributed by atoms with van der Waals surface area (Å²) in [5.41, 5.74) is 0.532. The Balaban J connectivity index is 1.72. The van der Waals surface area contributed by atoms with E-state index in [9.17, 15) is 0 Å². The first-order valence-corrected chi connectivity index (χ1v) is 7.04. The molecule has 4 rings (SSSR count). The molecule has 4 bridgehead atoms. The maximum Gasteiger partial charge on any atom is 0.0443 e. The van der Waals surface area contributed by atoms with Gasteiger partial charge in [-0.3, -0.25) is 0 Å². The van der Waals surface area contributed by atoms with Gasteiger partial charge in [0.1, 0.15) is 0 Å². The number of hydrogen-bond acceptors (Lipinski definition) is 2. The zero-order valence-electron chi connectivity index (χ0n) is 10.5. The largest absolute Gasteiger partial charge is 0.396 e. The Morgan fingerprint density at radius 1 is 1.06 bits per heavy atom. The van der Waals surface area contributed by atoms with Crippen molar-refractivity contribution in [3.05, 3.63) is 0 Å². The van der Waals surface area contributed by atoms with E-state index in [1.54, 1.807) is 0 Å². The van der Waals surface area contributed by atoms with E-state index in [0.717, 1.165) is 30.7 Å². The molecule has 0 unspecified atom stereocenters. The highest BCUT2D eigenvalue weighted by atomic mass is 16.3. The molecule has 0 atom stereocenters. The summed E-state index contributed by atoms with van der Waals surface area (Å²) in [7, 11) is 2.29. The summed E-state index contributed by atoms with van der Waals surface area (Å²) in [6, 6.07) is 0. The third-order valence-corrected chi connectivity index (χ3v) is 5.47. The van der Waals surface area contributed by atoms with E-state index in [1.807, 2.05) is 0 Å². The Morgan fingerprint density at radius 2 is 1.56 bits per heavy atom. The molecule has 1 N–H and O–H groups in total. The lowest BCUT2D eigenvalue weighted by atomic mass is 9.52. The maximum absolute atomic E-state index is 8.97. The fourth-order valence-electron chi connectivity index (χ4n) is 5.08. The van der Waals surface area contributed by atoms with Gasteiger partial charge in [-0.15, -0.1) is 0 Å². The van der Waals surface area contributed by atoms with Gasteiger partial charge in [-0.05, 0) is 69.7 Å². The van der Waals surface area contributed by atoms with Gasteiger partial charge < -0.3 is 10.0 Å². The molecule has 0 aliphatic heterocycles. The van der Waals surface area contributed by atoms with Crippen LogP contribution in [0.25, 0.3) is 0 Å². The van der Waals surface area contributed by atoms with Gasteiger partial charge in [0, 0.05) is 18.7 Å². The van der Waals surface area contributed by atoms with E-state index in [0.29, 0.717) is 12.1 Å². The van der Waals surface area contributed by atoms with E-state index in [2.05, 4.69) is 11.9 Å². The first-order chi connectivity index (χ1) is 7.72. The van der Waals surface area contributed by atoms with E-state index in [-0.39, 0.29) is 0 Å². The van der Waals surface area contributed by atoms with Crippen LogP contribution in [0.4, 0.5) is 0 Å². The third-order valence-electron chi connectivity index (χ3n) is 5.47. The molecule has 2 nitrogen and oxygen atoms in total. The van der Waals surface area contributed by atoms with E-state index in [4.69, 9.17) is 5.11 Å². The SMILES string of the molecule is CN(CCCO)C12CC3CC(CC(C3)C1)C2. The maximum atomic E-state index is 8.97. The molecule has 0 aromatic rings. The second kappa shape index (κ2) is 3.99. The van der Waals surface area contributed by atoms with Crippen LogP contribution in [0.2, 0.25) is 0 Å². The van der Waals surface area contributed by atoms with Crippen molar-refractivity contribution in [1.29, 1.82) is 0 Å². The molecule has 0 saturated heterocycles. The van der Waals surface area contributed by atoms with Gasteiger partial charge in [0.25, 0.3) is 0 Å². The molecule has 2 heteroatoms. The Hall–Kier alpha value is -0.0800. The standard InChI is InChI=1S/C14H25NO/c1-15(3-2-4-16)14-8-11-5-12(9-14)7-13(6-11)10-14/h11-13,16H,2-10H2,1H3. The lowest BCUT2D eigenvalue weighted by molar-refractivity contribution is -0.0799. The monoisotopic (exact) mass is 223 g/mol. The van der Waals surface area contributed by atoms with Crippen molar-refractivity contribution in [2.24, 2.45) is 17.8 Å². The first-order valence-electron chi connectivity index (χ1n) is 7.04. The average Bonchev–Trinajstić information content (AvgIpc) is 2.24. The van der Waals surface area contributed by atoms with E-state index < -0.39 is 0 Å². The van der Waals surface area contributed by atoms with Crippen molar-refractivity contribution in [2.45, 2.75) is 50.5 Å². The number of rotatable bonds is 4. The van der Waals surface area contributed by atoms with Gasteiger partial charge in [-0.1, -0.05) is 0 Å². The highest BCUT2D eigenvalue weighted by Gasteiger charge is 2.52. The lowest BCUT2D eigenvalue weighted by Crippen LogP contribution is -2.59. The second-order valence-electron chi connectivity index (χ2n) is 6.64. The molecule has 4 fully saturated rings. The lowest BCUT2D eigenvalue weighted by Gasteiger charge is -2.60. The zero-order chi connectivity index (χ0) is 11.2. The summed E-state index contributed by atoms with van der Waals surface area (Å²) in [6.45, 7) is 1.43. The van der Waals surface area contributed by atoms with Crippen LogP contribution in [0.15, 0.2) is 0 Å². The van der Waals surface area contributed by atoms with Gasteiger partial charge in [0.15, 0.2) is 0 Å². The van der Waals surface area contributed by atoms with Crippen LogP contribution in [0, 0.1) is 17.8 Å². The molecule has 0 aromatic carbocycles. The number of aliphatic hydroxyl groups excluding tert-OH is 1. The molecule has 4 aliphatic rings. The summed E-state index contributed by atoms with van der Waals surface area (Å²) < 4.78 is 0. The highest BCUT2D eigenvalue weighted by Crippen LogP contribution is 2.57. The predicted octanol–water partition coefficient (Wildman–Crippen LogP) is 2.27. The molecule has 0 amide bonds. The Morgan fingerprint density at radius 3 is 2.00 bits per heavy atom. The molecule has 92 valence electrons. The minimum Gasteiger partial charge on any atom is -0.396 e. The van der Waals surface area contributed by atoms with Gasteiger partial charge in [0.05, 0.1) is 0 Å². The Bertz CT molecular complexity index is 228. The molecule has 0 heterocycles. The molecule has 0 spiro atoms. The molecule has 0 radical (unpaired) electrons. The van der Waals surface area contributed by atoms with Crippen LogP contribution in [-0.4, -0.2) is 35.7 Å².